The number of hydrogen-bond acceptors (Lipinski definition) is 5. The standard InChI is InChI=1S/C34H66N2O5/c1-6-7-8-9-10-11-12-13-14-15-16-17-18-19-20-21-22-23-24-28-31(37)36-30(32(38)40-5)27-25-26-29-35-33(39)41-34(2,3)4/h30H,6-29H2,1-5H3,(H,35,39)(H,36,37)/t30-/m0/s1. The van der Waals surface area contributed by atoms with Crippen LogP contribution in [0.25, 0.3) is 0 Å². The second kappa shape index (κ2) is 27.1. The SMILES string of the molecule is CCCCCCCCCCCCCCCCCCCCCC(=O)N[C@@H](CCCCNC(=O)OC(C)(C)C)C(=O)OC. The van der Waals surface area contributed by atoms with Crippen molar-refractivity contribution in [2.45, 2.75) is 187 Å². The molecular formula is C34H66N2O5. The molecule has 0 rings (SSSR count). The molecule has 2 amide bonds. The maximum absolute atomic E-state index is 12.4. The van der Waals surface area contributed by atoms with Crippen LogP contribution in [-0.4, -0.2) is 43.3 Å². The number of rotatable bonds is 27. The van der Waals surface area contributed by atoms with Gasteiger partial charge in [-0.05, 0) is 46.5 Å². The monoisotopic (exact) mass is 582 g/mol. The summed E-state index contributed by atoms with van der Waals surface area (Å²) in [7, 11) is 1.34. The van der Waals surface area contributed by atoms with Crippen LogP contribution in [0.4, 0.5) is 4.79 Å². The Balaban J connectivity index is 3.66. The molecule has 0 heterocycles. The number of carbonyl (C=O) groups is 3. The number of unbranched alkanes of at least 4 members (excludes halogenated alkanes) is 19. The third kappa shape index (κ3) is 28.1. The zero-order chi connectivity index (χ0) is 30.6. The lowest BCUT2D eigenvalue weighted by Gasteiger charge is -2.20. The summed E-state index contributed by atoms with van der Waals surface area (Å²) in [5.74, 6) is -0.522. The molecule has 0 aliphatic heterocycles. The van der Waals surface area contributed by atoms with E-state index in [4.69, 9.17) is 9.47 Å². The fourth-order valence-corrected chi connectivity index (χ4v) is 5.00. The Hall–Kier alpha value is -1.79. The van der Waals surface area contributed by atoms with Crippen molar-refractivity contribution in [1.29, 1.82) is 0 Å². The Labute approximate surface area is 253 Å². The first-order chi connectivity index (χ1) is 19.7. The highest BCUT2D eigenvalue weighted by molar-refractivity contribution is 5.84. The molecule has 0 radical (unpaired) electrons. The number of carbonyl (C=O) groups excluding carboxylic acids is 3. The van der Waals surface area contributed by atoms with Crippen molar-refractivity contribution in [2.24, 2.45) is 0 Å². The number of nitrogens with one attached hydrogen (secondary N) is 2. The van der Waals surface area contributed by atoms with E-state index in [0.717, 1.165) is 19.3 Å². The summed E-state index contributed by atoms with van der Waals surface area (Å²) in [6.45, 7) is 8.18. The van der Waals surface area contributed by atoms with Crippen LogP contribution in [0.5, 0.6) is 0 Å². The number of methoxy groups -OCH3 is 1. The van der Waals surface area contributed by atoms with Gasteiger partial charge in [0.2, 0.25) is 5.91 Å². The molecule has 0 aromatic carbocycles. The van der Waals surface area contributed by atoms with Crippen LogP contribution in [0, 0.1) is 0 Å². The number of hydrogen-bond donors (Lipinski definition) is 2. The van der Waals surface area contributed by atoms with Gasteiger partial charge in [0.05, 0.1) is 7.11 Å². The van der Waals surface area contributed by atoms with Gasteiger partial charge in [-0.25, -0.2) is 9.59 Å². The van der Waals surface area contributed by atoms with E-state index in [1.165, 1.54) is 110 Å². The largest absolute Gasteiger partial charge is 0.467 e. The predicted molar refractivity (Wildman–Crippen MR) is 170 cm³/mol. The van der Waals surface area contributed by atoms with E-state index in [1.54, 1.807) is 0 Å². The summed E-state index contributed by atoms with van der Waals surface area (Å²) in [4.78, 5) is 36.2. The van der Waals surface area contributed by atoms with Crippen molar-refractivity contribution < 1.29 is 23.9 Å². The molecule has 0 saturated carbocycles. The van der Waals surface area contributed by atoms with Crippen LogP contribution >= 0.6 is 0 Å². The highest BCUT2D eigenvalue weighted by Crippen LogP contribution is 2.15. The predicted octanol–water partition coefficient (Wildman–Crippen LogP) is 9.16. The second-order valence-electron chi connectivity index (χ2n) is 12.7. The molecule has 242 valence electrons. The van der Waals surface area contributed by atoms with Crippen molar-refractivity contribution in [1.82, 2.24) is 10.6 Å². The third-order valence-electron chi connectivity index (χ3n) is 7.42. The van der Waals surface area contributed by atoms with Crippen molar-refractivity contribution in [2.75, 3.05) is 13.7 Å². The van der Waals surface area contributed by atoms with Crippen molar-refractivity contribution in [3.8, 4) is 0 Å². The van der Waals surface area contributed by atoms with E-state index in [1.807, 2.05) is 20.8 Å². The Morgan fingerprint density at radius 1 is 0.634 bits per heavy atom. The van der Waals surface area contributed by atoms with Gasteiger partial charge < -0.3 is 20.1 Å². The van der Waals surface area contributed by atoms with Crippen LogP contribution < -0.4 is 10.6 Å². The molecule has 0 fully saturated rings. The highest BCUT2D eigenvalue weighted by atomic mass is 16.6. The Morgan fingerprint density at radius 3 is 1.49 bits per heavy atom. The number of alkyl carbamates (subject to hydrolysis) is 1. The number of esters is 1. The molecule has 2 N–H and O–H groups in total. The van der Waals surface area contributed by atoms with E-state index in [-0.39, 0.29) is 5.91 Å². The van der Waals surface area contributed by atoms with E-state index in [9.17, 15) is 14.4 Å². The minimum Gasteiger partial charge on any atom is -0.467 e. The lowest BCUT2D eigenvalue weighted by Crippen LogP contribution is -2.41. The second-order valence-corrected chi connectivity index (χ2v) is 12.7. The van der Waals surface area contributed by atoms with E-state index < -0.39 is 23.7 Å². The maximum Gasteiger partial charge on any atom is 0.407 e. The first kappa shape index (κ1) is 39.2. The third-order valence-corrected chi connectivity index (χ3v) is 7.42. The summed E-state index contributed by atoms with van der Waals surface area (Å²) in [5.41, 5.74) is -0.532. The molecule has 0 unspecified atom stereocenters. The van der Waals surface area contributed by atoms with Crippen LogP contribution in [-0.2, 0) is 19.1 Å². The molecule has 0 spiro atoms. The normalized spacial score (nSPS) is 12.1. The molecule has 7 heteroatoms. The molecule has 0 aliphatic carbocycles. The van der Waals surface area contributed by atoms with Gasteiger partial charge in [-0.1, -0.05) is 122 Å². The summed E-state index contributed by atoms with van der Waals surface area (Å²) >= 11 is 0. The Morgan fingerprint density at radius 2 is 1.07 bits per heavy atom. The first-order valence-corrected chi connectivity index (χ1v) is 17.0. The van der Waals surface area contributed by atoms with Gasteiger partial charge in [0.15, 0.2) is 0 Å². The fourth-order valence-electron chi connectivity index (χ4n) is 5.00. The summed E-state index contributed by atoms with van der Waals surface area (Å²) < 4.78 is 10.1. The lowest BCUT2D eigenvalue weighted by atomic mass is 10.0. The van der Waals surface area contributed by atoms with Gasteiger partial charge >= 0.3 is 12.1 Å². The smallest absolute Gasteiger partial charge is 0.407 e. The van der Waals surface area contributed by atoms with Crippen LogP contribution in [0.1, 0.15) is 175 Å². The molecule has 0 aliphatic rings. The van der Waals surface area contributed by atoms with Crippen molar-refractivity contribution in [3.05, 3.63) is 0 Å². The van der Waals surface area contributed by atoms with Gasteiger partial charge in [-0.2, -0.15) is 0 Å². The first-order valence-electron chi connectivity index (χ1n) is 17.0. The molecule has 1 atom stereocenters. The molecule has 0 aromatic heterocycles. The zero-order valence-electron chi connectivity index (χ0n) is 27.6. The molecule has 41 heavy (non-hydrogen) atoms. The van der Waals surface area contributed by atoms with Gasteiger partial charge in [0.25, 0.3) is 0 Å². The topological polar surface area (TPSA) is 93.7 Å². The van der Waals surface area contributed by atoms with Crippen molar-refractivity contribution in [3.63, 3.8) is 0 Å². The van der Waals surface area contributed by atoms with Crippen molar-refractivity contribution >= 4 is 18.0 Å². The quantitative estimate of drug-likeness (QED) is 0.0744. The molecule has 0 aromatic rings. The van der Waals surface area contributed by atoms with Crippen LogP contribution in [0.3, 0.4) is 0 Å². The Kier molecular flexibility index (Phi) is 25.9. The average molecular weight is 583 g/mol. The van der Waals surface area contributed by atoms with Gasteiger partial charge in [-0.3, -0.25) is 4.79 Å². The van der Waals surface area contributed by atoms with Crippen LogP contribution in [0.2, 0.25) is 0 Å². The van der Waals surface area contributed by atoms with E-state index in [2.05, 4.69) is 17.6 Å². The van der Waals surface area contributed by atoms with Crippen LogP contribution in [0.15, 0.2) is 0 Å². The molecule has 0 saturated heterocycles. The highest BCUT2D eigenvalue weighted by Gasteiger charge is 2.21. The minimum absolute atomic E-state index is 0.0979. The maximum atomic E-state index is 12.4. The van der Waals surface area contributed by atoms with E-state index in [0.29, 0.717) is 32.2 Å². The summed E-state index contributed by atoms with van der Waals surface area (Å²) in [6.07, 6.45) is 27.0. The zero-order valence-corrected chi connectivity index (χ0v) is 27.6. The number of ether oxygens (including phenoxy) is 2. The minimum atomic E-state index is -0.644. The Bertz CT molecular complexity index is 648. The molecule has 0 bridgehead atoms. The molecule has 7 nitrogen and oxygen atoms in total. The van der Waals surface area contributed by atoms with E-state index >= 15 is 0 Å². The van der Waals surface area contributed by atoms with Gasteiger partial charge in [0.1, 0.15) is 11.6 Å². The summed E-state index contributed by atoms with van der Waals surface area (Å²) in [6, 6.07) is -0.644. The van der Waals surface area contributed by atoms with Gasteiger partial charge in [0, 0.05) is 13.0 Å². The fraction of sp³-hybridized carbons (Fsp3) is 0.912. The number of amides is 2. The average Bonchev–Trinajstić information content (AvgIpc) is 2.92. The lowest BCUT2D eigenvalue weighted by molar-refractivity contribution is -0.145. The summed E-state index contributed by atoms with van der Waals surface area (Å²) in [5, 5.41) is 5.54. The van der Waals surface area contributed by atoms with Gasteiger partial charge in [-0.15, -0.1) is 0 Å². The molecular weight excluding hydrogens is 516 g/mol.